The maximum Gasteiger partial charge on any atom is 0.192 e. The van der Waals surface area contributed by atoms with Crippen molar-refractivity contribution < 1.29 is 18.0 Å². The molecule has 1 aromatic carbocycles. The standard InChI is InChI=1S/C28H46O4SSi/c1-20(32-34(7,8)27(2,3)4)25(29)26(33(30,31)22-15-10-9-11-16-22)24-23-17-13-12-14-21(23)18-19-28(24,5)6/h9-11,15-16,20,24-26,29H,12-14,17-19H2,1-8H3/t20-,24-,25?,26?/m0/s1. The fourth-order valence-electron chi connectivity index (χ4n) is 5.70. The van der Waals surface area contributed by atoms with E-state index in [-0.39, 0.29) is 21.3 Å². The number of benzene rings is 1. The van der Waals surface area contributed by atoms with Crippen LogP contribution in [-0.4, -0.2) is 39.3 Å². The van der Waals surface area contributed by atoms with Crippen molar-refractivity contribution in [3.8, 4) is 0 Å². The molecule has 192 valence electrons. The molecule has 0 heterocycles. The van der Waals surface area contributed by atoms with Gasteiger partial charge in [0.2, 0.25) is 0 Å². The summed E-state index contributed by atoms with van der Waals surface area (Å²) in [5, 5.41) is 10.9. The molecule has 0 aliphatic heterocycles. The van der Waals surface area contributed by atoms with Crippen molar-refractivity contribution in [2.75, 3.05) is 0 Å². The van der Waals surface area contributed by atoms with E-state index in [4.69, 9.17) is 4.43 Å². The molecule has 0 spiro atoms. The molecule has 0 fully saturated rings. The average molecular weight is 507 g/mol. The lowest BCUT2D eigenvalue weighted by atomic mass is 9.61. The molecule has 0 amide bonds. The fourth-order valence-corrected chi connectivity index (χ4v) is 9.45. The van der Waals surface area contributed by atoms with E-state index in [9.17, 15) is 13.5 Å². The molecule has 2 aliphatic carbocycles. The normalized spacial score (nSPS) is 24.3. The molecule has 0 radical (unpaired) electrons. The van der Waals surface area contributed by atoms with Gasteiger partial charge in [-0.25, -0.2) is 8.42 Å². The van der Waals surface area contributed by atoms with E-state index < -0.39 is 35.6 Å². The van der Waals surface area contributed by atoms with Gasteiger partial charge in [0.25, 0.3) is 0 Å². The molecule has 6 heteroatoms. The third kappa shape index (κ3) is 5.40. The minimum Gasteiger partial charge on any atom is -0.412 e. The van der Waals surface area contributed by atoms with Crippen LogP contribution in [0.15, 0.2) is 46.4 Å². The van der Waals surface area contributed by atoms with E-state index in [1.54, 1.807) is 24.3 Å². The monoisotopic (exact) mass is 506 g/mol. The average Bonchev–Trinajstić information content (AvgIpc) is 2.74. The highest BCUT2D eigenvalue weighted by atomic mass is 32.2. The Labute approximate surface area is 209 Å². The summed E-state index contributed by atoms with van der Waals surface area (Å²) in [6.45, 7) is 17.1. The minimum atomic E-state index is -3.81. The van der Waals surface area contributed by atoms with Gasteiger partial charge in [0, 0.05) is 5.92 Å². The van der Waals surface area contributed by atoms with Gasteiger partial charge in [-0.05, 0) is 81.1 Å². The van der Waals surface area contributed by atoms with Gasteiger partial charge in [-0.15, -0.1) is 0 Å². The SMILES string of the molecule is C[C@H](O[Si](C)(C)C(C)(C)C)C(O)C([C@@H]1C2=C(CCCC2)CCC1(C)C)S(=O)(=O)c1ccccc1. The molecule has 2 unspecified atom stereocenters. The van der Waals surface area contributed by atoms with Crippen LogP contribution in [0.5, 0.6) is 0 Å². The van der Waals surface area contributed by atoms with E-state index in [0.29, 0.717) is 0 Å². The highest BCUT2D eigenvalue weighted by Gasteiger charge is 2.52. The Morgan fingerprint density at radius 2 is 1.65 bits per heavy atom. The van der Waals surface area contributed by atoms with Crippen LogP contribution in [0.4, 0.5) is 0 Å². The Bertz CT molecular complexity index is 989. The summed E-state index contributed by atoms with van der Waals surface area (Å²) in [5.74, 6) is -0.220. The number of aliphatic hydroxyl groups excluding tert-OH is 1. The van der Waals surface area contributed by atoms with Crippen LogP contribution in [-0.2, 0) is 14.3 Å². The van der Waals surface area contributed by atoms with Gasteiger partial charge in [-0.1, -0.05) is 64.0 Å². The Morgan fingerprint density at radius 1 is 1.06 bits per heavy atom. The van der Waals surface area contributed by atoms with Gasteiger partial charge in [0.1, 0.15) is 5.25 Å². The molecule has 3 rings (SSSR count). The first-order valence-electron chi connectivity index (χ1n) is 13.0. The van der Waals surface area contributed by atoms with Gasteiger partial charge in [-0.2, -0.15) is 0 Å². The molecule has 0 saturated carbocycles. The molecular weight excluding hydrogens is 460 g/mol. The summed E-state index contributed by atoms with van der Waals surface area (Å²) < 4.78 is 35.1. The van der Waals surface area contributed by atoms with Crippen molar-refractivity contribution >= 4 is 18.2 Å². The number of hydrogen-bond donors (Lipinski definition) is 1. The summed E-state index contributed by atoms with van der Waals surface area (Å²) >= 11 is 0. The maximum atomic E-state index is 14.3. The lowest BCUT2D eigenvalue weighted by Gasteiger charge is -2.49. The second-order valence-corrected chi connectivity index (χ2v) is 19.6. The number of hydrogen-bond acceptors (Lipinski definition) is 4. The van der Waals surface area contributed by atoms with E-state index in [0.717, 1.165) is 32.1 Å². The highest BCUT2D eigenvalue weighted by Crippen LogP contribution is 2.52. The fraction of sp³-hybridized carbons (Fsp3) is 0.714. The first-order valence-corrected chi connectivity index (χ1v) is 17.4. The zero-order valence-corrected chi connectivity index (χ0v) is 24.3. The van der Waals surface area contributed by atoms with Gasteiger partial charge < -0.3 is 9.53 Å². The van der Waals surface area contributed by atoms with Crippen molar-refractivity contribution in [1.29, 1.82) is 0 Å². The van der Waals surface area contributed by atoms with Crippen LogP contribution < -0.4 is 0 Å². The summed E-state index contributed by atoms with van der Waals surface area (Å²) in [6, 6.07) is 8.70. The van der Waals surface area contributed by atoms with Crippen LogP contribution in [0.3, 0.4) is 0 Å². The predicted octanol–water partition coefficient (Wildman–Crippen LogP) is 6.91. The second-order valence-electron chi connectivity index (χ2n) is 12.7. The Hall–Kier alpha value is -0.953. The van der Waals surface area contributed by atoms with Crippen LogP contribution in [0, 0.1) is 11.3 Å². The van der Waals surface area contributed by atoms with E-state index in [1.165, 1.54) is 17.6 Å². The molecular formula is C28H46O4SSi. The largest absolute Gasteiger partial charge is 0.412 e. The first-order chi connectivity index (χ1) is 15.6. The molecule has 1 N–H and O–H groups in total. The number of rotatable bonds is 7. The first kappa shape index (κ1) is 27.6. The molecule has 2 aliphatic rings. The highest BCUT2D eigenvalue weighted by molar-refractivity contribution is 7.92. The summed E-state index contributed by atoms with van der Waals surface area (Å²) in [5.41, 5.74) is 2.51. The quantitative estimate of drug-likeness (QED) is 0.322. The summed E-state index contributed by atoms with van der Waals surface area (Å²) in [4.78, 5) is 0.290. The summed E-state index contributed by atoms with van der Waals surface area (Å²) in [7, 11) is -6.01. The number of aliphatic hydroxyl groups is 1. The third-order valence-corrected chi connectivity index (χ3v) is 15.6. The van der Waals surface area contributed by atoms with Gasteiger partial charge >= 0.3 is 0 Å². The maximum absolute atomic E-state index is 14.3. The molecule has 0 saturated heterocycles. The van der Waals surface area contributed by atoms with Crippen molar-refractivity contribution in [1.82, 2.24) is 0 Å². The molecule has 0 aromatic heterocycles. The van der Waals surface area contributed by atoms with Crippen LogP contribution >= 0.6 is 0 Å². The van der Waals surface area contributed by atoms with Crippen molar-refractivity contribution in [3.05, 3.63) is 41.5 Å². The van der Waals surface area contributed by atoms with E-state index >= 15 is 0 Å². The number of allylic oxidation sites excluding steroid dienone is 2. The topological polar surface area (TPSA) is 63.6 Å². The van der Waals surface area contributed by atoms with Crippen LogP contribution in [0.2, 0.25) is 18.1 Å². The van der Waals surface area contributed by atoms with Gasteiger partial charge in [-0.3, -0.25) is 0 Å². The van der Waals surface area contributed by atoms with Crippen molar-refractivity contribution in [3.63, 3.8) is 0 Å². The molecule has 4 atom stereocenters. The van der Waals surface area contributed by atoms with Crippen molar-refractivity contribution in [2.24, 2.45) is 11.3 Å². The van der Waals surface area contributed by atoms with Crippen LogP contribution in [0.1, 0.15) is 80.1 Å². The van der Waals surface area contributed by atoms with Crippen molar-refractivity contribution in [2.45, 2.75) is 121 Å². The zero-order chi connectivity index (χ0) is 25.5. The third-order valence-electron chi connectivity index (χ3n) is 8.78. The van der Waals surface area contributed by atoms with Crippen LogP contribution in [0.25, 0.3) is 0 Å². The molecule has 34 heavy (non-hydrogen) atoms. The lowest BCUT2D eigenvalue weighted by molar-refractivity contribution is 0.0126. The number of sulfone groups is 1. The molecule has 1 aromatic rings. The Morgan fingerprint density at radius 3 is 2.24 bits per heavy atom. The molecule has 0 bridgehead atoms. The second kappa shape index (κ2) is 9.83. The lowest BCUT2D eigenvalue weighted by Crippen LogP contribution is -2.55. The van der Waals surface area contributed by atoms with E-state index in [2.05, 4.69) is 47.7 Å². The Kier molecular flexibility index (Phi) is 7.99. The minimum absolute atomic E-state index is 0.0298. The zero-order valence-electron chi connectivity index (χ0n) is 22.5. The smallest absolute Gasteiger partial charge is 0.192 e. The summed E-state index contributed by atoms with van der Waals surface area (Å²) in [6.07, 6.45) is 4.57. The predicted molar refractivity (Wildman–Crippen MR) is 143 cm³/mol. The van der Waals surface area contributed by atoms with Gasteiger partial charge in [0.15, 0.2) is 18.2 Å². The van der Waals surface area contributed by atoms with E-state index in [1.807, 2.05) is 13.0 Å². The Balaban J connectivity index is 2.13. The molecule has 4 nitrogen and oxygen atoms in total. The van der Waals surface area contributed by atoms with Gasteiger partial charge in [0.05, 0.1) is 17.1 Å².